The molecule has 1 heterocycles. The summed E-state index contributed by atoms with van der Waals surface area (Å²) in [5.41, 5.74) is 1.15. The van der Waals surface area contributed by atoms with E-state index in [2.05, 4.69) is 16.8 Å². The fraction of sp³-hybridized carbons (Fsp3) is 0.684. The van der Waals surface area contributed by atoms with Gasteiger partial charge in [-0.05, 0) is 30.5 Å². The van der Waals surface area contributed by atoms with Crippen LogP contribution in [0.3, 0.4) is 0 Å². The van der Waals surface area contributed by atoms with Crippen LogP contribution in [-0.4, -0.2) is 35.1 Å². The number of rotatable bonds is 12. The Morgan fingerprint density at radius 3 is 2.67 bits per heavy atom. The smallest absolute Gasteiger partial charge is 0.469 e. The van der Waals surface area contributed by atoms with Crippen molar-refractivity contribution >= 4 is 19.4 Å². The van der Waals surface area contributed by atoms with Gasteiger partial charge in [-0.3, -0.25) is 4.52 Å². The van der Waals surface area contributed by atoms with Gasteiger partial charge < -0.3 is 19.8 Å². The van der Waals surface area contributed by atoms with Crippen molar-refractivity contribution in [2.45, 2.75) is 70.4 Å². The molecule has 1 fully saturated rings. The minimum atomic E-state index is -4.43. The highest BCUT2D eigenvalue weighted by molar-refractivity contribution is 7.46. The van der Waals surface area contributed by atoms with E-state index in [0.717, 1.165) is 29.2 Å². The van der Waals surface area contributed by atoms with Crippen molar-refractivity contribution in [3.63, 3.8) is 0 Å². The minimum Gasteiger partial charge on any atom is -0.489 e. The molecule has 0 bridgehead atoms. The number of nitrogens with one attached hydrogen (secondary N) is 1. The van der Waals surface area contributed by atoms with Crippen LogP contribution in [0.5, 0.6) is 5.75 Å². The Labute approximate surface area is 166 Å². The molecule has 0 aliphatic carbocycles. The highest BCUT2D eigenvalue weighted by Crippen LogP contribution is 2.36. The highest BCUT2D eigenvalue weighted by atomic mass is 35.5. The van der Waals surface area contributed by atoms with Crippen molar-refractivity contribution in [1.29, 1.82) is 0 Å². The Hall–Kier alpha value is -0.620. The lowest BCUT2D eigenvalue weighted by atomic mass is 10.0. The fourth-order valence-electron chi connectivity index (χ4n) is 3.28. The molecule has 2 atom stereocenters. The molecular formula is C19H31ClNO5P. The molecule has 0 saturated carbocycles. The van der Waals surface area contributed by atoms with Crippen LogP contribution in [0, 0.1) is 0 Å². The minimum absolute atomic E-state index is 0.0396. The third kappa shape index (κ3) is 8.95. The summed E-state index contributed by atoms with van der Waals surface area (Å²) >= 11 is 6.40. The predicted molar refractivity (Wildman–Crippen MR) is 107 cm³/mol. The summed E-state index contributed by atoms with van der Waals surface area (Å²) in [7, 11) is -4.43. The molecule has 2 rings (SSSR count). The zero-order valence-electron chi connectivity index (χ0n) is 15.9. The Bertz CT molecular complexity index is 624. The Morgan fingerprint density at radius 2 is 1.96 bits per heavy atom. The first-order valence-corrected chi connectivity index (χ1v) is 11.7. The lowest BCUT2D eigenvalue weighted by Gasteiger charge is -2.15. The quantitative estimate of drug-likeness (QED) is 0.342. The molecular weight excluding hydrogens is 389 g/mol. The molecule has 1 aliphatic heterocycles. The van der Waals surface area contributed by atoms with Gasteiger partial charge in [-0.15, -0.1) is 0 Å². The highest BCUT2D eigenvalue weighted by Gasteiger charge is 2.28. The van der Waals surface area contributed by atoms with Gasteiger partial charge in [0.2, 0.25) is 0 Å². The summed E-state index contributed by atoms with van der Waals surface area (Å²) in [5, 5.41) is 3.88. The van der Waals surface area contributed by atoms with Crippen molar-refractivity contribution in [2.75, 3.05) is 13.2 Å². The van der Waals surface area contributed by atoms with E-state index in [4.69, 9.17) is 26.1 Å². The van der Waals surface area contributed by atoms with Crippen LogP contribution in [-0.2, 0) is 15.5 Å². The molecule has 6 nitrogen and oxygen atoms in total. The maximum absolute atomic E-state index is 10.8. The van der Waals surface area contributed by atoms with Gasteiger partial charge >= 0.3 is 7.82 Å². The first-order valence-electron chi connectivity index (χ1n) is 9.76. The molecule has 1 aromatic carbocycles. The second-order valence-electron chi connectivity index (χ2n) is 7.14. The summed E-state index contributed by atoms with van der Waals surface area (Å²) in [4.78, 5) is 17.5. The maximum atomic E-state index is 10.8. The van der Waals surface area contributed by atoms with E-state index in [1.807, 2.05) is 18.2 Å². The number of phosphoric ester groups is 1. The third-order valence-corrected chi connectivity index (χ3v) is 5.59. The first-order chi connectivity index (χ1) is 12.9. The molecule has 8 heteroatoms. The molecule has 1 aliphatic rings. The molecule has 27 heavy (non-hydrogen) atoms. The zero-order chi connectivity index (χ0) is 19.7. The maximum Gasteiger partial charge on any atom is 0.469 e. The normalized spacial score (nSPS) is 20.1. The largest absolute Gasteiger partial charge is 0.489 e. The number of unbranched alkanes of at least 4 members (excludes halogenated alkanes) is 5. The summed E-state index contributed by atoms with van der Waals surface area (Å²) in [6, 6.07) is 5.69. The SMILES string of the molecule is CCCCCCCCc1ccc(OC2CN[C@H](COP(=O)(O)O)C2)cc1Cl. The number of halogens is 1. The number of hydrogen-bond donors (Lipinski definition) is 3. The van der Waals surface area contributed by atoms with Crippen LogP contribution in [0.25, 0.3) is 0 Å². The van der Waals surface area contributed by atoms with E-state index in [1.165, 1.54) is 32.1 Å². The van der Waals surface area contributed by atoms with Crippen LogP contribution in [0.15, 0.2) is 18.2 Å². The van der Waals surface area contributed by atoms with Crippen LogP contribution in [0.2, 0.25) is 5.02 Å². The molecule has 0 amide bonds. The standard InChI is InChI=1S/C19H31ClNO5P/c1-2-3-4-5-6-7-8-15-9-10-17(12-19(15)20)26-18-11-16(21-13-18)14-25-27(22,23)24/h9-10,12,16,18,21H,2-8,11,13-14H2,1H3,(H2,22,23,24)/t16-,18?/m0/s1. The van der Waals surface area contributed by atoms with E-state index in [9.17, 15) is 4.57 Å². The second kappa shape index (κ2) is 11.4. The number of benzene rings is 1. The van der Waals surface area contributed by atoms with Gasteiger partial charge in [0.05, 0.1) is 6.61 Å². The van der Waals surface area contributed by atoms with Crippen molar-refractivity contribution in [1.82, 2.24) is 5.32 Å². The van der Waals surface area contributed by atoms with E-state index < -0.39 is 7.82 Å². The Balaban J connectivity index is 1.73. The van der Waals surface area contributed by atoms with Crippen molar-refractivity contribution < 1.29 is 23.6 Å². The number of phosphoric acid groups is 1. The molecule has 1 aromatic rings. The molecule has 154 valence electrons. The van der Waals surface area contributed by atoms with Crippen molar-refractivity contribution in [2.24, 2.45) is 0 Å². The average molecular weight is 420 g/mol. The van der Waals surface area contributed by atoms with Gasteiger partial charge in [-0.2, -0.15) is 0 Å². The third-order valence-electron chi connectivity index (χ3n) is 4.75. The Morgan fingerprint density at radius 1 is 1.22 bits per heavy atom. The van der Waals surface area contributed by atoms with Gasteiger partial charge in [-0.1, -0.05) is 56.7 Å². The lowest BCUT2D eigenvalue weighted by Crippen LogP contribution is -2.26. The summed E-state index contributed by atoms with van der Waals surface area (Å²) in [6.45, 7) is 2.79. The van der Waals surface area contributed by atoms with Crippen molar-refractivity contribution in [3.8, 4) is 5.75 Å². The van der Waals surface area contributed by atoms with Gasteiger partial charge in [0.1, 0.15) is 11.9 Å². The summed E-state index contributed by atoms with van der Waals surface area (Å²) in [5.74, 6) is 0.718. The predicted octanol–water partition coefficient (Wildman–Crippen LogP) is 4.46. The zero-order valence-corrected chi connectivity index (χ0v) is 17.6. The van der Waals surface area contributed by atoms with Crippen LogP contribution in [0.1, 0.15) is 57.4 Å². The number of hydrogen-bond acceptors (Lipinski definition) is 4. The van der Waals surface area contributed by atoms with Gasteiger partial charge in [0.15, 0.2) is 0 Å². The average Bonchev–Trinajstić information content (AvgIpc) is 3.05. The van der Waals surface area contributed by atoms with E-state index >= 15 is 0 Å². The topological polar surface area (TPSA) is 88.0 Å². The molecule has 3 N–H and O–H groups in total. The van der Waals surface area contributed by atoms with Gasteiger partial charge in [-0.25, -0.2) is 4.57 Å². The summed E-state index contributed by atoms with van der Waals surface area (Å²) in [6.07, 6.45) is 9.10. The Kier molecular flexibility index (Phi) is 9.57. The van der Waals surface area contributed by atoms with Crippen LogP contribution in [0.4, 0.5) is 0 Å². The van der Waals surface area contributed by atoms with Gasteiger partial charge in [0, 0.05) is 24.0 Å². The van der Waals surface area contributed by atoms with E-state index in [-0.39, 0.29) is 18.8 Å². The summed E-state index contributed by atoms with van der Waals surface area (Å²) < 4.78 is 21.3. The monoisotopic (exact) mass is 419 g/mol. The lowest BCUT2D eigenvalue weighted by molar-refractivity contribution is 0.173. The number of aryl methyl sites for hydroxylation is 1. The van der Waals surface area contributed by atoms with Crippen LogP contribution >= 0.6 is 19.4 Å². The first kappa shape index (κ1) is 22.7. The molecule has 1 unspecified atom stereocenters. The van der Waals surface area contributed by atoms with E-state index in [1.54, 1.807) is 0 Å². The molecule has 1 saturated heterocycles. The van der Waals surface area contributed by atoms with E-state index in [0.29, 0.717) is 13.0 Å². The fourth-order valence-corrected chi connectivity index (χ4v) is 3.92. The number of ether oxygens (including phenoxy) is 1. The van der Waals surface area contributed by atoms with Crippen molar-refractivity contribution in [3.05, 3.63) is 28.8 Å². The molecule has 0 radical (unpaired) electrons. The second-order valence-corrected chi connectivity index (χ2v) is 8.78. The van der Waals surface area contributed by atoms with Gasteiger partial charge in [0.25, 0.3) is 0 Å². The molecule has 0 spiro atoms. The van der Waals surface area contributed by atoms with Crippen LogP contribution < -0.4 is 10.1 Å². The molecule has 0 aromatic heterocycles.